The topological polar surface area (TPSA) is 9.72 Å². The second-order valence-corrected chi connectivity index (χ2v) is 17.8. The van der Waals surface area contributed by atoms with E-state index in [1.807, 2.05) is 3.28 Å². The molecule has 0 aromatic rings. The van der Waals surface area contributed by atoms with Crippen molar-refractivity contribution in [2.45, 2.75) is 75.2 Å². The Hall–Kier alpha value is 0.243. The first-order valence-corrected chi connectivity index (χ1v) is 15.4. The van der Waals surface area contributed by atoms with Crippen molar-refractivity contribution in [3.8, 4) is 0 Å². The van der Waals surface area contributed by atoms with Gasteiger partial charge in [-0.1, -0.05) is 0 Å². The van der Waals surface area contributed by atoms with Crippen molar-refractivity contribution >= 4 is 0 Å². The van der Waals surface area contributed by atoms with Gasteiger partial charge in [-0.2, -0.15) is 0 Å². The van der Waals surface area contributed by atoms with Crippen molar-refractivity contribution in [2.75, 3.05) is 39.3 Å². The van der Waals surface area contributed by atoms with Crippen molar-refractivity contribution in [2.24, 2.45) is 5.41 Å². The van der Waals surface area contributed by atoms with Gasteiger partial charge in [-0.05, 0) is 0 Å². The van der Waals surface area contributed by atoms with Gasteiger partial charge >= 0.3 is 171 Å². The van der Waals surface area contributed by atoms with E-state index in [2.05, 4.69) is 83.0 Å². The summed E-state index contributed by atoms with van der Waals surface area (Å²) in [6.07, 6.45) is 7.27. The molecule has 0 aromatic heterocycles. The zero-order valence-electron chi connectivity index (χ0n) is 19.2. The summed E-state index contributed by atoms with van der Waals surface area (Å²) in [6, 6.07) is 0. The zero-order valence-corrected chi connectivity index (χ0v) is 21.6. The molecule has 0 amide bonds. The Bertz CT molecular complexity index is 447. The normalized spacial score (nSPS) is 16.0. The van der Waals surface area contributed by atoms with Gasteiger partial charge in [-0.25, -0.2) is 0 Å². The SMILES string of the molecule is CC[N](CC)[Zr]([C]1=C(CC(C)(C)C)C=CC1)([N](CC)CC)[N](CC)CC. The number of allylic oxidation sites excluding steroid dienone is 4. The molecule has 0 radical (unpaired) electrons. The summed E-state index contributed by atoms with van der Waals surface area (Å²) in [5, 5.41) is 0. The van der Waals surface area contributed by atoms with Gasteiger partial charge in [-0.3, -0.25) is 0 Å². The van der Waals surface area contributed by atoms with Gasteiger partial charge in [0.1, 0.15) is 0 Å². The second kappa shape index (κ2) is 10.7. The first-order chi connectivity index (χ1) is 12.3. The number of nitrogens with zero attached hydrogens (tertiary/aromatic N) is 3. The van der Waals surface area contributed by atoms with Crippen molar-refractivity contribution < 1.29 is 21.1 Å². The molecule has 0 atom stereocenters. The van der Waals surface area contributed by atoms with Crippen LogP contribution in [-0.4, -0.2) is 47.8 Å². The van der Waals surface area contributed by atoms with E-state index in [1.165, 1.54) is 12.8 Å². The Morgan fingerprint density at radius 1 is 0.769 bits per heavy atom. The molecule has 0 aliphatic heterocycles. The first-order valence-electron chi connectivity index (χ1n) is 10.9. The quantitative estimate of drug-likeness (QED) is 0.415. The van der Waals surface area contributed by atoms with Crippen LogP contribution in [0.1, 0.15) is 75.2 Å². The Balaban J connectivity index is 3.72. The van der Waals surface area contributed by atoms with Crippen molar-refractivity contribution in [3.63, 3.8) is 0 Å². The molecule has 1 aliphatic carbocycles. The fraction of sp³-hybridized carbons (Fsp3) is 0.818. The van der Waals surface area contributed by atoms with E-state index in [0.717, 1.165) is 39.3 Å². The molecule has 4 heteroatoms. The van der Waals surface area contributed by atoms with Crippen LogP contribution in [0.5, 0.6) is 0 Å². The maximum absolute atomic E-state index is 3.11. The van der Waals surface area contributed by atoms with Crippen LogP contribution in [-0.2, 0) is 21.1 Å². The van der Waals surface area contributed by atoms with E-state index in [0.29, 0.717) is 5.41 Å². The van der Waals surface area contributed by atoms with Crippen LogP contribution < -0.4 is 0 Å². The standard InChI is InChI=1S/C10H15.3C4H10N.Zr/c1-10(2,3)8-9-6-4-5-7-9;3*1-3-5-4-2;/h4,6H,5,8H2,1-3H3;3*3-4H2,1-2H3;/q;3*-1;+3. The van der Waals surface area contributed by atoms with Crippen LogP contribution in [0.4, 0.5) is 0 Å². The molecule has 152 valence electrons. The minimum atomic E-state index is -3.11. The third-order valence-corrected chi connectivity index (χ3v) is 20.2. The fourth-order valence-corrected chi connectivity index (χ4v) is 19.5. The molecule has 0 N–H and O–H groups in total. The zero-order chi connectivity index (χ0) is 20.0. The molecular weight excluding hydrogens is 397 g/mol. The Kier molecular flexibility index (Phi) is 9.99. The second-order valence-electron chi connectivity index (χ2n) is 8.50. The molecule has 0 bridgehead atoms. The monoisotopic (exact) mass is 441 g/mol. The molecule has 0 aromatic carbocycles. The molecule has 26 heavy (non-hydrogen) atoms. The average Bonchev–Trinajstić information content (AvgIpc) is 3.03. The van der Waals surface area contributed by atoms with Crippen molar-refractivity contribution in [3.05, 3.63) is 21.0 Å². The first kappa shape index (κ1) is 24.3. The van der Waals surface area contributed by atoms with E-state index >= 15 is 0 Å². The Morgan fingerprint density at radius 2 is 1.15 bits per heavy atom. The number of rotatable bonds is 11. The van der Waals surface area contributed by atoms with Crippen LogP contribution in [0, 0.1) is 5.41 Å². The summed E-state index contributed by atoms with van der Waals surface area (Å²) in [6.45, 7) is 28.3. The molecule has 1 aliphatic rings. The summed E-state index contributed by atoms with van der Waals surface area (Å²) in [5.74, 6) is 0. The van der Waals surface area contributed by atoms with Crippen LogP contribution in [0.2, 0.25) is 0 Å². The van der Waals surface area contributed by atoms with Gasteiger partial charge < -0.3 is 0 Å². The average molecular weight is 443 g/mol. The Labute approximate surface area is 170 Å². The summed E-state index contributed by atoms with van der Waals surface area (Å²) < 4.78 is 10.5. The van der Waals surface area contributed by atoms with Gasteiger partial charge in [0.05, 0.1) is 0 Å². The number of hydrogen-bond acceptors (Lipinski definition) is 3. The van der Waals surface area contributed by atoms with E-state index in [4.69, 9.17) is 0 Å². The molecule has 0 spiro atoms. The number of hydrogen-bond donors (Lipinski definition) is 0. The molecule has 3 nitrogen and oxygen atoms in total. The molecule has 0 saturated heterocycles. The van der Waals surface area contributed by atoms with Crippen LogP contribution in [0.25, 0.3) is 0 Å². The van der Waals surface area contributed by atoms with Crippen molar-refractivity contribution in [1.29, 1.82) is 0 Å². The van der Waals surface area contributed by atoms with E-state index in [1.54, 1.807) is 5.57 Å². The molecular formula is C22H45N3Zr. The van der Waals surface area contributed by atoms with Gasteiger partial charge in [0.25, 0.3) is 0 Å². The van der Waals surface area contributed by atoms with E-state index in [9.17, 15) is 0 Å². The summed E-state index contributed by atoms with van der Waals surface area (Å²) in [7, 11) is 0. The van der Waals surface area contributed by atoms with Gasteiger partial charge in [-0.15, -0.1) is 0 Å². The van der Waals surface area contributed by atoms with Gasteiger partial charge in [0.2, 0.25) is 0 Å². The third-order valence-electron chi connectivity index (χ3n) is 5.77. The van der Waals surface area contributed by atoms with Gasteiger partial charge in [0.15, 0.2) is 0 Å². The molecule has 1 rings (SSSR count). The van der Waals surface area contributed by atoms with Crippen LogP contribution in [0.3, 0.4) is 0 Å². The minimum absolute atomic E-state index is 0.336. The predicted molar refractivity (Wildman–Crippen MR) is 114 cm³/mol. The van der Waals surface area contributed by atoms with Crippen molar-refractivity contribution in [1.82, 2.24) is 8.53 Å². The van der Waals surface area contributed by atoms with Crippen LogP contribution >= 0.6 is 0 Å². The molecule has 0 heterocycles. The summed E-state index contributed by atoms with van der Waals surface area (Å²) >= 11 is -3.11. The molecule has 0 unspecified atom stereocenters. The van der Waals surface area contributed by atoms with E-state index < -0.39 is 21.1 Å². The summed E-state index contributed by atoms with van der Waals surface area (Å²) in [4.78, 5) is 0. The van der Waals surface area contributed by atoms with E-state index in [-0.39, 0.29) is 0 Å². The maximum atomic E-state index is 2.90. The summed E-state index contributed by atoms with van der Waals surface area (Å²) in [5.41, 5.74) is 1.99. The predicted octanol–water partition coefficient (Wildman–Crippen LogP) is 5.56. The molecule has 0 saturated carbocycles. The third kappa shape index (κ3) is 4.99. The van der Waals surface area contributed by atoms with Gasteiger partial charge in [0, 0.05) is 0 Å². The van der Waals surface area contributed by atoms with Crippen LogP contribution in [0.15, 0.2) is 21.0 Å². The fourth-order valence-electron chi connectivity index (χ4n) is 4.81. The Morgan fingerprint density at radius 3 is 1.46 bits per heavy atom. The molecule has 0 fully saturated rings.